The molecule has 0 saturated carbocycles. The lowest BCUT2D eigenvalue weighted by molar-refractivity contribution is -0.512. The average molecular weight is 247 g/mol. The molecule has 0 spiro atoms. The third-order valence-electron chi connectivity index (χ3n) is 2.48. The van der Waals surface area contributed by atoms with E-state index in [2.05, 4.69) is 4.74 Å². The Morgan fingerprint density at radius 1 is 1.41 bits per heavy atom. The van der Waals surface area contributed by atoms with Gasteiger partial charge in [0.15, 0.2) is 0 Å². The summed E-state index contributed by atoms with van der Waals surface area (Å²) in [7, 11) is 0. The molecule has 2 rings (SSSR count). The van der Waals surface area contributed by atoms with Crippen molar-refractivity contribution >= 4 is 0 Å². The second-order valence-corrected chi connectivity index (χ2v) is 3.74. The van der Waals surface area contributed by atoms with E-state index in [0.717, 1.165) is 11.6 Å². The Balaban J connectivity index is 2.17. The molecule has 1 atom stereocenters. The first-order valence-corrected chi connectivity index (χ1v) is 4.86. The molecule has 0 aromatic rings. The average Bonchev–Trinajstić information content (AvgIpc) is 2.98. The lowest BCUT2D eigenvalue weighted by Gasteiger charge is -2.19. The monoisotopic (exact) mass is 247 g/mol. The van der Waals surface area contributed by atoms with Crippen LogP contribution in [-0.2, 0) is 4.74 Å². The van der Waals surface area contributed by atoms with Crippen molar-refractivity contribution in [3.63, 3.8) is 0 Å². The highest BCUT2D eigenvalue weighted by Crippen LogP contribution is 2.36. The summed E-state index contributed by atoms with van der Waals surface area (Å²) in [5.74, 6) is -0.427. The number of halogens is 3. The molecule has 2 aliphatic rings. The van der Waals surface area contributed by atoms with Crippen LogP contribution in [-0.4, -0.2) is 17.3 Å². The van der Waals surface area contributed by atoms with Gasteiger partial charge >= 0.3 is 6.36 Å². The Morgan fingerprint density at radius 3 is 2.53 bits per heavy atom. The van der Waals surface area contributed by atoms with Gasteiger partial charge in [0.1, 0.15) is 5.76 Å². The Kier molecular flexibility index (Phi) is 2.68. The third kappa shape index (κ3) is 2.86. The van der Waals surface area contributed by atoms with Crippen molar-refractivity contribution in [3.05, 3.63) is 45.2 Å². The van der Waals surface area contributed by atoms with Gasteiger partial charge in [-0.2, -0.15) is 0 Å². The molecular weight excluding hydrogens is 239 g/mol. The predicted octanol–water partition coefficient (Wildman–Crippen LogP) is 2.71. The van der Waals surface area contributed by atoms with Crippen LogP contribution in [0, 0.1) is 10.1 Å². The van der Waals surface area contributed by atoms with E-state index in [0.29, 0.717) is 12.0 Å². The number of nitro groups is 1. The van der Waals surface area contributed by atoms with E-state index in [9.17, 15) is 23.3 Å². The molecule has 0 fully saturated rings. The summed E-state index contributed by atoms with van der Waals surface area (Å²) in [4.78, 5) is 10.2. The number of rotatable bonds is 3. The lowest BCUT2D eigenvalue weighted by Crippen LogP contribution is -2.26. The molecule has 0 heterocycles. The van der Waals surface area contributed by atoms with Gasteiger partial charge in [-0.1, -0.05) is 6.08 Å². The first kappa shape index (κ1) is 11.7. The van der Waals surface area contributed by atoms with Crippen molar-refractivity contribution in [1.82, 2.24) is 0 Å². The van der Waals surface area contributed by atoms with Crippen LogP contribution < -0.4 is 0 Å². The van der Waals surface area contributed by atoms with Crippen LogP contribution in [0.1, 0.15) is 12.8 Å². The number of hydrogen-bond donors (Lipinski definition) is 0. The SMILES string of the molecule is O=[N+]([O-])C1CC(OC(F)(F)F)=CC=C1C1=CC1. The molecule has 0 saturated heterocycles. The summed E-state index contributed by atoms with van der Waals surface area (Å²) in [5, 5.41) is 10.8. The van der Waals surface area contributed by atoms with Crippen LogP contribution >= 0.6 is 0 Å². The van der Waals surface area contributed by atoms with Crippen molar-refractivity contribution in [1.29, 1.82) is 0 Å². The number of hydrogen-bond acceptors (Lipinski definition) is 3. The van der Waals surface area contributed by atoms with E-state index in [-0.39, 0.29) is 6.42 Å². The van der Waals surface area contributed by atoms with E-state index >= 15 is 0 Å². The van der Waals surface area contributed by atoms with Crippen LogP contribution in [0.4, 0.5) is 13.2 Å². The molecule has 1 unspecified atom stereocenters. The van der Waals surface area contributed by atoms with Crippen molar-refractivity contribution < 1.29 is 22.8 Å². The van der Waals surface area contributed by atoms with Crippen molar-refractivity contribution in [2.45, 2.75) is 25.2 Å². The molecule has 0 aromatic heterocycles. The molecule has 0 amide bonds. The molecule has 0 bridgehead atoms. The van der Waals surface area contributed by atoms with Crippen LogP contribution in [0.15, 0.2) is 35.1 Å². The summed E-state index contributed by atoms with van der Waals surface area (Å²) in [6, 6.07) is -1.15. The molecule has 0 aliphatic heterocycles. The second-order valence-electron chi connectivity index (χ2n) is 3.74. The summed E-state index contributed by atoms with van der Waals surface area (Å²) in [6.07, 6.45) is -0.239. The summed E-state index contributed by atoms with van der Waals surface area (Å²) in [5.41, 5.74) is 1.30. The minimum absolute atomic E-state index is 0.365. The highest BCUT2D eigenvalue weighted by molar-refractivity contribution is 5.48. The van der Waals surface area contributed by atoms with Crippen molar-refractivity contribution in [2.24, 2.45) is 0 Å². The van der Waals surface area contributed by atoms with Crippen molar-refractivity contribution in [3.8, 4) is 0 Å². The predicted molar refractivity (Wildman–Crippen MR) is 51.4 cm³/mol. The molecule has 0 aromatic carbocycles. The van der Waals surface area contributed by atoms with E-state index < -0.39 is 23.1 Å². The maximum atomic E-state index is 12.0. The number of ether oxygens (including phenoxy) is 1. The lowest BCUT2D eigenvalue weighted by atomic mass is 9.96. The maximum Gasteiger partial charge on any atom is 0.572 e. The van der Waals surface area contributed by atoms with Gasteiger partial charge < -0.3 is 4.74 Å². The number of allylic oxidation sites excluding steroid dienone is 3. The zero-order valence-corrected chi connectivity index (χ0v) is 8.53. The van der Waals surface area contributed by atoms with Gasteiger partial charge in [-0.3, -0.25) is 10.1 Å². The van der Waals surface area contributed by atoms with E-state index in [1.165, 1.54) is 6.08 Å². The number of nitrogens with zero attached hydrogens (tertiary/aromatic N) is 1. The molecule has 7 heteroatoms. The minimum atomic E-state index is -4.81. The van der Waals surface area contributed by atoms with Gasteiger partial charge in [-0.15, -0.1) is 13.2 Å². The largest absolute Gasteiger partial charge is 0.572 e. The highest BCUT2D eigenvalue weighted by Gasteiger charge is 2.38. The molecule has 17 heavy (non-hydrogen) atoms. The maximum absolute atomic E-state index is 12.0. The Bertz CT molecular complexity index is 448. The molecule has 2 aliphatic carbocycles. The fourth-order valence-electron chi connectivity index (χ4n) is 1.68. The topological polar surface area (TPSA) is 52.4 Å². The van der Waals surface area contributed by atoms with Crippen LogP contribution in [0.5, 0.6) is 0 Å². The highest BCUT2D eigenvalue weighted by atomic mass is 19.4. The van der Waals surface area contributed by atoms with Gasteiger partial charge in [-0.25, -0.2) is 0 Å². The Morgan fingerprint density at radius 2 is 2.06 bits per heavy atom. The van der Waals surface area contributed by atoms with E-state index in [1.807, 2.05) is 0 Å². The summed E-state index contributed by atoms with van der Waals surface area (Å²) < 4.78 is 39.6. The zero-order chi connectivity index (χ0) is 12.6. The van der Waals surface area contributed by atoms with Gasteiger partial charge in [0, 0.05) is 10.5 Å². The van der Waals surface area contributed by atoms with Crippen LogP contribution in [0.25, 0.3) is 0 Å². The molecule has 92 valence electrons. The Hall–Kier alpha value is -1.79. The summed E-state index contributed by atoms with van der Waals surface area (Å²) in [6.45, 7) is 0. The zero-order valence-electron chi connectivity index (χ0n) is 8.53. The molecule has 4 nitrogen and oxygen atoms in total. The quantitative estimate of drug-likeness (QED) is 0.569. The van der Waals surface area contributed by atoms with E-state index in [1.54, 1.807) is 6.08 Å². The fraction of sp³-hybridized carbons (Fsp3) is 0.400. The van der Waals surface area contributed by atoms with Crippen LogP contribution in [0.3, 0.4) is 0 Å². The standard InChI is InChI=1S/C10H8F3NO3/c11-10(12,13)17-7-3-4-8(6-1-2-6)9(5-7)14(15)16/h1,3-4,9H,2,5H2. The van der Waals surface area contributed by atoms with Crippen molar-refractivity contribution in [2.75, 3.05) is 0 Å². The van der Waals surface area contributed by atoms with Gasteiger partial charge in [0.05, 0.1) is 6.42 Å². The number of alkyl halides is 3. The van der Waals surface area contributed by atoms with Crippen LogP contribution in [0.2, 0.25) is 0 Å². The summed E-state index contributed by atoms with van der Waals surface area (Å²) >= 11 is 0. The van der Waals surface area contributed by atoms with Gasteiger partial charge in [0.25, 0.3) is 0 Å². The first-order chi connectivity index (χ1) is 7.87. The minimum Gasteiger partial charge on any atom is -0.410 e. The second kappa shape index (κ2) is 3.90. The Labute approximate surface area is 94.2 Å². The fourth-order valence-corrected chi connectivity index (χ4v) is 1.68. The normalized spacial score (nSPS) is 23.5. The molecule has 0 N–H and O–H groups in total. The van der Waals surface area contributed by atoms with Gasteiger partial charge in [0.2, 0.25) is 6.04 Å². The third-order valence-corrected chi connectivity index (χ3v) is 2.48. The first-order valence-electron chi connectivity index (χ1n) is 4.86. The molecular formula is C10H8F3NO3. The molecule has 0 radical (unpaired) electrons. The van der Waals surface area contributed by atoms with Gasteiger partial charge in [-0.05, 0) is 24.1 Å². The van der Waals surface area contributed by atoms with E-state index in [4.69, 9.17) is 0 Å². The smallest absolute Gasteiger partial charge is 0.410 e.